The van der Waals surface area contributed by atoms with Crippen molar-refractivity contribution in [3.8, 4) is 0 Å². The van der Waals surface area contributed by atoms with Gasteiger partial charge in [0.1, 0.15) is 4.90 Å². The van der Waals surface area contributed by atoms with Crippen LogP contribution in [0.5, 0.6) is 0 Å². The Morgan fingerprint density at radius 3 is 2.67 bits per heavy atom. The fraction of sp³-hybridized carbons (Fsp3) is 0.571. The van der Waals surface area contributed by atoms with Crippen LogP contribution in [0.15, 0.2) is 23.1 Å². The van der Waals surface area contributed by atoms with Crippen LogP contribution in [0.1, 0.15) is 26.7 Å². The van der Waals surface area contributed by atoms with Crippen LogP contribution in [-0.2, 0) is 14.8 Å². The quantitative estimate of drug-likeness (QED) is 0.733. The number of sulfonamides is 1. The Balaban J connectivity index is 2.14. The maximum atomic E-state index is 11.8. The fourth-order valence-corrected chi connectivity index (χ4v) is 3.42. The van der Waals surface area contributed by atoms with Gasteiger partial charge >= 0.3 is 0 Å². The van der Waals surface area contributed by atoms with E-state index in [1.807, 2.05) is 0 Å². The maximum absolute atomic E-state index is 11.8. The zero-order valence-corrected chi connectivity index (χ0v) is 13.5. The van der Waals surface area contributed by atoms with E-state index >= 15 is 0 Å². The molecule has 0 saturated carbocycles. The number of hydrogen-bond donors (Lipinski definition) is 3. The second-order valence-corrected chi connectivity index (χ2v) is 7.76. The molecule has 4 N–H and O–H groups in total. The Bertz CT molecular complexity index is 614. The molecule has 1 aliphatic heterocycles. The van der Waals surface area contributed by atoms with E-state index in [9.17, 15) is 8.42 Å². The van der Waals surface area contributed by atoms with Crippen LogP contribution in [0.25, 0.3) is 0 Å². The Morgan fingerprint density at radius 2 is 2.10 bits per heavy atom. The van der Waals surface area contributed by atoms with Gasteiger partial charge < -0.3 is 15.8 Å². The summed E-state index contributed by atoms with van der Waals surface area (Å²) in [5.74, 6) is 0. The molecule has 7 heteroatoms. The lowest BCUT2D eigenvalue weighted by atomic mass is 9.94. The van der Waals surface area contributed by atoms with Gasteiger partial charge in [0.05, 0.1) is 11.3 Å². The van der Waals surface area contributed by atoms with E-state index in [1.165, 1.54) is 13.1 Å². The first kappa shape index (κ1) is 16.1. The highest BCUT2D eigenvalue weighted by Crippen LogP contribution is 2.28. The van der Waals surface area contributed by atoms with Crippen LogP contribution in [0, 0.1) is 0 Å². The third kappa shape index (κ3) is 3.87. The first-order valence-electron chi connectivity index (χ1n) is 6.97. The van der Waals surface area contributed by atoms with Crippen molar-refractivity contribution in [3.05, 3.63) is 18.2 Å². The number of hydrogen-bond acceptors (Lipinski definition) is 5. The minimum Gasteiger partial charge on any atom is -0.398 e. The third-order valence-corrected chi connectivity index (χ3v) is 5.12. The minimum absolute atomic E-state index is 0.0999. The Morgan fingerprint density at radius 1 is 1.38 bits per heavy atom. The van der Waals surface area contributed by atoms with Gasteiger partial charge in [-0.15, -0.1) is 0 Å². The van der Waals surface area contributed by atoms with Crippen molar-refractivity contribution < 1.29 is 13.2 Å². The summed E-state index contributed by atoms with van der Waals surface area (Å²) in [7, 11) is -2.15. The smallest absolute Gasteiger partial charge is 0.242 e. The van der Waals surface area contributed by atoms with E-state index in [0.29, 0.717) is 12.6 Å². The molecule has 0 aromatic heterocycles. The molecule has 1 aromatic carbocycles. The molecule has 1 aromatic rings. The van der Waals surface area contributed by atoms with E-state index < -0.39 is 10.0 Å². The Kier molecular flexibility index (Phi) is 4.46. The molecule has 0 aliphatic carbocycles. The highest BCUT2D eigenvalue weighted by molar-refractivity contribution is 7.89. The van der Waals surface area contributed by atoms with E-state index in [-0.39, 0.29) is 16.2 Å². The first-order valence-corrected chi connectivity index (χ1v) is 8.45. The SMILES string of the molecule is CNS(=O)(=O)c1ccc(NC2CCOC(C)(C)C2)cc1N. The van der Waals surface area contributed by atoms with Crippen LogP contribution in [-0.4, -0.2) is 33.7 Å². The normalized spacial score (nSPS) is 22.0. The second kappa shape index (κ2) is 5.82. The van der Waals surface area contributed by atoms with Gasteiger partial charge in [0.15, 0.2) is 0 Å². The average molecular weight is 313 g/mol. The van der Waals surface area contributed by atoms with Crippen molar-refractivity contribution in [2.45, 2.75) is 43.2 Å². The molecule has 0 amide bonds. The predicted octanol–water partition coefficient (Wildman–Crippen LogP) is 1.55. The summed E-state index contributed by atoms with van der Waals surface area (Å²) >= 11 is 0. The van der Waals surface area contributed by atoms with Crippen LogP contribution in [0.2, 0.25) is 0 Å². The van der Waals surface area contributed by atoms with Gasteiger partial charge in [-0.25, -0.2) is 13.1 Å². The van der Waals surface area contributed by atoms with Crippen molar-refractivity contribution in [3.63, 3.8) is 0 Å². The standard InChI is InChI=1S/C14H23N3O3S/c1-14(2)9-11(6-7-20-14)17-10-4-5-13(12(15)8-10)21(18,19)16-3/h4-5,8,11,16-17H,6-7,9,15H2,1-3H3. The van der Waals surface area contributed by atoms with Gasteiger partial charge in [0, 0.05) is 18.3 Å². The van der Waals surface area contributed by atoms with Crippen LogP contribution in [0.3, 0.4) is 0 Å². The molecule has 6 nitrogen and oxygen atoms in total. The maximum Gasteiger partial charge on any atom is 0.242 e. The van der Waals surface area contributed by atoms with Crippen molar-refractivity contribution in [1.82, 2.24) is 4.72 Å². The molecular formula is C14H23N3O3S. The number of benzene rings is 1. The van der Waals surface area contributed by atoms with E-state index in [4.69, 9.17) is 10.5 Å². The highest BCUT2D eigenvalue weighted by Gasteiger charge is 2.28. The van der Waals surface area contributed by atoms with E-state index in [0.717, 1.165) is 18.5 Å². The van der Waals surface area contributed by atoms with Gasteiger partial charge in [0.2, 0.25) is 10.0 Å². The first-order chi connectivity index (χ1) is 9.73. The molecule has 2 rings (SSSR count). The summed E-state index contributed by atoms with van der Waals surface area (Å²) in [4.78, 5) is 0.0999. The summed E-state index contributed by atoms with van der Waals surface area (Å²) in [6.07, 6.45) is 1.81. The molecule has 0 spiro atoms. The topological polar surface area (TPSA) is 93.5 Å². The highest BCUT2D eigenvalue weighted by atomic mass is 32.2. The minimum atomic E-state index is -3.52. The number of nitrogens with one attached hydrogen (secondary N) is 2. The van der Waals surface area contributed by atoms with Gasteiger partial charge in [0.25, 0.3) is 0 Å². The zero-order valence-electron chi connectivity index (χ0n) is 12.6. The molecule has 0 radical (unpaired) electrons. The van der Waals surface area contributed by atoms with Gasteiger partial charge in [-0.1, -0.05) is 0 Å². The zero-order chi connectivity index (χ0) is 15.7. The third-order valence-electron chi connectivity index (χ3n) is 3.64. The fourth-order valence-electron chi connectivity index (χ4n) is 2.58. The predicted molar refractivity (Wildman–Crippen MR) is 83.8 cm³/mol. The molecule has 1 fully saturated rings. The number of anilines is 2. The van der Waals surface area contributed by atoms with Gasteiger partial charge in [-0.2, -0.15) is 0 Å². The average Bonchev–Trinajstić information content (AvgIpc) is 2.37. The molecule has 1 unspecified atom stereocenters. The summed E-state index contributed by atoms with van der Waals surface area (Å²) in [6.45, 7) is 4.85. The summed E-state index contributed by atoms with van der Waals surface area (Å²) in [6, 6.07) is 5.21. The molecule has 1 saturated heterocycles. The van der Waals surface area contributed by atoms with Crippen molar-refractivity contribution >= 4 is 21.4 Å². The Hall–Kier alpha value is -1.31. The molecule has 1 atom stereocenters. The number of ether oxygens (including phenoxy) is 1. The van der Waals surface area contributed by atoms with Gasteiger partial charge in [-0.3, -0.25) is 0 Å². The summed E-state index contributed by atoms with van der Waals surface area (Å²) < 4.78 is 31.5. The largest absolute Gasteiger partial charge is 0.398 e. The lowest BCUT2D eigenvalue weighted by molar-refractivity contribution is -0.0553. The van der Waals surface area contributed by atoms with Crippen molar-refractivity contribution in [2.24, 2.45) is 0 Å². The number of rotatable bonds is 4. The van der Waals surface area contributed by atoms with Crippen LogP contribution < -0.4 is 15.8 Å². The van der Waals surface area contributed by atoms with Crippen molar-refractivity contribution in [2.75, 3.05) is 24.7 Å². The van der Waals surface area contributed by atoms with E-state index in [2.05, 4.69) is 23.9 Å². The molecule has 0 bridgehead atoms. The molecule has 1 aliphatic rings. The molecule has 1 heterocycles. The second-order valence-electron chi connectivity index (χ2n) is 5.90. The summed E-state index contributed by atoms with van der Waals surface area (Å²) in [5.41, 5.74) is 6.78. The van der Waals surface area contributed by atoms with Gasteiger partial charge in [-0.05, 0) is 51.9 Å². The number of nitrogen functional groups attached to an aromatic ring is 1. The van der Waals surface area contributed by atoms with Crippen LogP contribution in [0.4, 0.5) is 11.4 Å². The van der Waals surface area contributed by atoms with Crippen LogP contribution >= 0.6 is 0 Å². The molecular weight excluding hydrogens is 290 g/mol. The van der Waals surface area contributed by atoms with E-state index in [1.54, 1.807) is 12.1 Å². The lowest BCUT2D eigenvalue weighted by Gasteiger charge is -2.36. The Labute approximate surface area is 126 Å². The lowest BCUT2D eigenvalue weighted by Crippen LogP contribution is -2.40. The number of nitrogens with two attached hydrogens (primary N) is 1. The van der Waals surface area contributed by atoms with Crippen molar-refractivity contribution in [1.29, 1.82) is 0 Å². The molecule has 118 valence electrons. The monoisotopic (exact) mass is 313 g/mol. The summed E-state index contributed by atoms with van der Waals surface area (Å²) in [5, 5.41) is 3.40. The molecule has 21 heavy (non-hydrogen) atoms.